The maximum absolute atomic E-state index is 11.7. The summed E-state index contributed by atoms with van der Waals surface area (Å²) in [7, 11) is 0. The largest absolute Gasteiger partial charge is 0.380 e. The van der Waals surface area contributed by atoms with E-state index in [1.165, 1.54) is 0 Å². The first-order valence-corrected chi connectivity index (χ1v) is 7.01. The SMILES string of the molecule is CCOCCn1cc(COCCC(=O)C(C)(C)C)nn1. The standard InChI is InChI=1S/C14H25N3O3/c1-5-19-9-7-17-10-12(15-16-17)11-20-8-6-13(18)14(2,3)4/h10H,5-9,11H2,1-4H3. The fourth-order valence-electron chi connectivity index (χ4n) is 1.53. The van der Waals surface area contributed by atoms with Crippen LogP contribution >= 0.6 is 0 Å². The molecule has 0 aliphatic heterocycles. The van der Waals surface area contributed by atoms with E-state index in [9.17, 15) is 4.79 Å². The number of aromatic nitrogens is 3. The van der Waals surface area contributed by atoms with Gasteiger partial charge in [0.2, 0.25) is 0 Å². The van der Waals surface area contributed by atoms with E-state index in [2.05, 4.69) is 10.3 Å². The van der Waals surface area contributed by atoms with Crippen LogP contribution in [0.2, 0.25) is 0 Å². The number of ether oxygens (including phenoxy) is 2. The van der Waals surface area contributed by atoms with Crippen molar-refractivity contribution in [2.75, 3.05) is 19.8 Å². The number of ketones is 1. The van der Waals surface area contributed by atoms with Crippen molar-refractivity contribution in [2.24, 2.45) is 5.41 Å². The van der Waals surface area contributed by atoms with Crippen LogP contribution in [0.5, 0.6) is 0 Å². The minimum atomic E-state index is -0.300. The lowest BCUT2D eigenvalue weighted by atomic mass is 9.89. The molecule has 0 amide bonds. The van der Waals surface area contributed by atoms with Crippen LogP contribution in [0.25, 0.3) is 0 Å². The van der Waals surface area contributed by atoms with Gasteiger partial charge in [-0.25, -0.2) is 4.68 Å². The molecule has 0 aliphatic rings. The fourth-order valence-corrected chi connectivity index (χ4v) is 1.53. The fraction of sp³-hybridized carbons (Fsp3) is 0.786. The molecule has 1 heterocycles. The lowest BCUT2D eigenvalue weighted by molar-refractivity contribution is -0.127. The minimum Gasteiger partial charge on any atom is -0.380 e. The third kappa shape index (κ3) is 6.25. The van der Waals surface area contributed by atoms with Gasteiger partial charge in [-0.15, -0.1) is 5.10 Å². The van der Waals surface area contributed by atoms with Crippen molar-refractivity contribution in [3.8, 4) is 0 Å². The zero-order chi connectivity index (χ0) is 15.0. The van der Waals surface area contributed by atoms with E-state index in [1.54, 1.807) is 4.68 Å². The van der Waals surface area contributed by atoms with Crippen molar-refractivity contribution in [3.63, 3.8) is 0 Å². The molecular formula is C14H25N3O3. The summed E-state index contributed by atoms with van der Waals surface area (Å²) in [6.45, 7) is 10.5. The van der Waals surface area contributed by atoms with Crippen molar-refractivity contribution in [1.29, 1.82) is 0 Å². The molecule has 0 N–H and O–H groups in total. The Kier molecular flexibility index (Phi) is 6.81. The van der Waals surface area contributed by atoms with Gasteiger partial charge in [0.05, 0.1) is 32.6 Å². The maximum Gasteiger partial charge on any atom is 0.140 e. The van der Waals surface area contributed by atoms with Crippen LogP contribution in [-0.2, 0) is 27.4 Å². The van der Waals surface area contributed by atoms with Gasteiger partial charge in [0.1, 0.15) is 11.5 Å². The zero-order valence-electron chi connectivity index (χ0n) is 12.9. The molecule has 0 aromatic carbocycles. The summed E-state index contributed by atoms with van der Waals surface area (Å²) in [6, 6.07) is 0. The Labute approximate surface area is 120 Å². The third-order valence-electron chi connectivity index (χ3n) is 2.81. The number of nitrogens with zero attached hydrogens (tertiary/aromatic N) is 3. The molecule has 0 unspecified atom stereocenters. The van der Waals surface area contributed by atoms with Gasteiger partial charge in [0.25, 0.3) is 0 Å². The van der Waals surface area contributed by atoms with Crippen molar-refractivity contribution < 1.29 is 14.3 Å². The monoisotopic (exact) mass is 283 g/mol. The number of rotatable bonds is 9. The van der Waals surface area contributed by atoms with Gasteiger partial charge in [-0.1, -0.05) is 26.0 Å². The molecule has 0 saturated heterocycles. The van der Waals surface area contributed by atoms with E-state index in [-0.39, 0.29) is 11.2 Å². The first-order valence-electron chi connectivity index (χ1n) is 7.01. The summed E-state index contributed by atoms with van der Waals surface area (Å²) in [6.07, 6.45) is 2.27. The van der Waals surface area contributed by atoms with Gasteiger partial charge in [0.15, 0.2) is 0 Å². The highest BCUT2D eigenvalue weighted by molar-refractivity contribution is 5.83. The first-order chi connectivity index (χ1) is 9.43. The second kappa shape index (κ2) is 8.11. The quantitative estimate of drug-likeness (QED) is 0.647. The Balaban J connectivity index is 2.21. The molecule has 20 heavy (non-hydrogen) atoms. The molecule has 6 heteroatoms. The van der Waals surface area contributed by atoms with Gasteiger partial charge in [-0.3, -0.25) is 4.79 Å². The van der Waals surface area contributed by atoms with Gasteiger partial charge in [-0.2, -0.15) is 0 Å². The summed E-state index contributed by atoms with van der Waals surface area (Å²) in [5.74, 6) is 0.206. The number of carbonyl (C=O) groups is 1. The average molecular weight is 283 g/mol. The van der Waals surface area contributed by atoms with E-state index in [0.717, 1.165) is 5.69 Å². The molecule has 6 nitrogen and oxygen atoms in total. The molecule has 0 spiro atoms. The second-order valence-electron chi connectivity index (χ2n) is 5.65. The molecule has 1 aromatic heterocycles. The number of hydrogen-bond donors (Lipinski definition) is 0. The molecule has 114 valence electrons. The molecule has 1 rings (SSSR count). The molecular weight excluding hydrogens is 258 g/mol. The molecule has 0 bridgehead atoms. The lowest BCUT2D eigenvalue weighted by Crippen LogP contribution is -2.21. The van der Waals surface area contributed by atoms with Crippen LogP contribution in [-0.4, -0.2) is 40.6 Å². The van der Waals surface area contributed by atoms with Crippen molar-refractivity contribution >= 4 is 5.78 Å². The number of Topliss-reactive ketones (excluding diaryl/α,β-unsaturated/α-hetero) is 1. The van der Waals surface area contributed by atoms with Crippen LogP contribution in [0.15, 0.2) is 6.20 Å². The minimum absolute atomic E-state index is 0.206. The Hall–Kier alpha value is -1.27. The van der Waals surface area contributed by atoms with E-state index < -0.39 is 0 Å². The molecule has 1 aromatic rings. The van der Waals surface area contributed by atoms with Crippen molar-refractivity contribution in [3.05, 3.63) is 11.9 Å². The summed E-state index contributed by atoms with van der Waals surface area (Å²) < 4.78 is 12.4. The summed E-state index contributed by atoms with van der Waals surface area (Å²) in [4.78, 5) is 11.7. The van der Waals surface area contributed by atoms with Gasteiger partial charge in [-0.05, 0) is 6.92 Å². The van der Waals surface area contributed by atoms with Crippen LogP contribution < -0.4 is 0 Å². The van der Waals surface area contributed by atoms with Gasteiger partial charge in [0, 0.05) is 18.4 Å². The van der Waals surface area contributed by atoms with Crippen LogP contribution in [0.4, 0.5) is 0 Å². The Bertz CT molecular complexity index is 410. The van der Waals surface area contributed by atoms with Gasteiger partial charge >= 0.3 is 0 Å². The smallest absolute Gasteiger partial charge is 0.140 e. The van der Waals surface area contributed by atoms with E-state index >= 15 is 0 Å². The molecule has 0 radical (unpaired) electrons. The van der Waals surface area contributed by atoms with E-state index in [4.69, 9.17) is 9.47 Å². The summed E-state index contributed by atoms with van der Waals surface area (Å²) in [5, 5.41) is 7.99. The zero-order valence-corrected chi connectivity index (χ0v) is 12.9. The highest BCUT2D eigenvalue weighted by Gasteiger charge is 2.20. The first kappa shape index (κ1) is 16.8. The van der Waals surface area contributed by atoms with E-state index in [0.29, 0.717) is 39.4 Å². The normalized spacial score (nSPS) is 11.8. The van der Waals surface area contributed by atoms with Crippen molar-refractivity contribution in [1.82, 2.24) is 15.0 Å². The summed E-state index contributed by atoms with van der Waals surface area (Å²) in [5.41, 5.74) is 0.468. The van der Waals surface area contributed by atoms with Gasteiger partial charge < -0.3 is 9.47 Å². The van der Waals surface area contributed by atoms with Crippen LogP contribution in [0.3, 0.4) is 0 Å². The molecule has 0 fully saturated rings. The topological polar surface area (TPSA) is 66.2 Å². The van der Waals surface area contributed by atoms with E-state index in [1.807, 2.05) is 33.9 Å². The predicted octanol–water partition coefficient (Wildman–Crippen LogP) is 1.84. The highest BCUT2D eigenvalue weighted by atomic mass is 16.5. The molecule has 0 aliphatic carbocycles. The molecule has 0 atom stereocenters. The average Bonchev–Trinajstić information content (AvgIpc) is 2.81. The molecule has 0 saturated carbocycles. The lowest BCUT2D eigenvalue weighted by Gasteiger charge is -2.15. The maximum atomic E-state index is 11.7. The number of hydrogen-bond acceptors (Lipinski definition) is 5. The van der Waals surface area contributed by atoms with Crippen molar-refractivity contribution in [2.45, 2.75) is 47.3 Å². The highest BCUT2D eigenvalue weighted by Crippen LogP contribution is 2.16. The number of carbonyl (C=O) groups excluding carboxylic acids is 1. The van der Waals surface area contributed by atoms with Crippen LogP contribution in [0.1, 0.15) is 39.8 Å². The Morgan fingerprint density at radius 2 is 2.05 bits per heavy atom. The second-order valence-corrected chi connectivity index (χ2v) is 5.65. The van der Waals surface area contributed by atoms with Crippen LogP contribution in [0, 0.1) is 5.41 Å². The third-order valence-corrected chi connectivity index (χ3v) is 2.81. The Morgan fingerprint density at radius 3 is 2.70 bits per heavy atom. The Morgan fingerprint density at radius 1 is 1.30 bits per heavy atom. The predicted molar refractivity (Wildman–Crippen MR) is 75.3 cm³/mol. The summed E-state index contributed by atoms with van der Waals surface area (Å²) >= 11 is 0.